The highest BCUT2D eigenvalue weighted by Gasteiger charge is 2.22. The van der Waals surface area contributed by atoms with Crippen LogP contribution in [0.4, 0.5) is 4.39 Å². The molecule has 0 N–H and O–H groups in total. The third-order valence-corrected chi connectivity index (χ3v) is 5.32. The standard InChI is InChI=1S/C23H18FN5O2/c1-3-13-27-21(30)19-20(26(2)23(27)31)25-22-28(19)14-18(15-7-5-4-6-8-15)29(22)17-11-9-16(24)10-12-17/h3-12,14H,1,13H2,2H3. The minimum atomic E-state index is -0.463. The van der Waals surface area contributed by atoms with Crippen LogP contribution in [0.25, 0.3) is 33.9 Å². The summed E-state index contributed by atoms with van der Waals surface area (Å²) >= 11 is 0. The molecule has 0 bridgehead atoms. The predicted octanol–water partition coefficient (Wildman–Crippen LogP) is 3.13. The fourth-order valence-electron chi connectivity index (χ4n) is 3.84. The van der Waals surface area contributed by atoms with Crippen molar-refractivity contribution in [1.82, 2.24) is 23.1 Å². The number of halogens is 1. The maximum atomic E-state index is 13.6. The van der Waals surface area contributed by atoms with E-state index in [0.29, 0.717) is 11.5 Å². The van der Waals surface area contributed by atoms with Crippen LogP contribution in [-0.4, -0.2) is 23.1 Å². The van der Waals surface area contributed by atoms with Crippen molar-refractivity contribution in [3.63, 3.8) is 0 Å². The minimum Gasteiger partial charge on any atom is -0.279 e. The lowest BCUT2D eigenvalue weighted by atomic mass is 10.1. The maximum absolute atomic E-state index is 13.6. The van der Waals surface area contributed by atoms with Gasteiger partial charge in [0.15, 0.2) is 11.2 Å². The second kappa shape index (κ2) is 6.94. The molecular formula is C23H18FN5O2. The van der Waals surface area contributed by atoms with Crippen LogP contribution < -0.4 is 11.2 Å². The quantitative estimate of drug-likeness (QED) is 0.424. The fourth-order valence-corrected chi connectivity index (χ4v) is 3.84. The largest absolute Gasteiger partial charge is 0.332 e. The van der Waals surface area contributed by atoms with Gasteiger partial charge in [0.1, 0.15) is 5.82 Å². The van der Waals surface area contributed by atoms with Gasteiger partial charge in [-0.15, -0.1) is 6.58 Å². The second-order valence-electron chi connectivity index (χ2n) is 7.19. The molecular weight excluding hydrogens is 397 g/mol. The average Bonchev–Trinajstić information content (AvgIpc) is 3.33. The molecule has 0 unspecified atom stereocenters. The van der Waals surface area contributed by atoms with Crippen molar-refractivity contribution in [1.29, 1.82) is 0 Å². The first-order chi connectivity index (χ1) is 15.0. The molecule has 154 valence electrons. The molecule has 0 saturated heterocycles. The highest BCUT2D eigenvalue weighted by Crippen LogP contribution is 2.28. The van der Waals surface area contributed by atoms with E-state index in [-0.39, 0.29) is 23.5 Å². The van der Waals surface area contributed by atoms with Crippen molar-refractivity contribution in [2.45, 2.75) is 6.54 Å². The number of fused-ring (bicyclic) bond motifs is 3. The number of imidazole rings is 2. The molecule has 2 aromatic carbocycles. The first-order valence-electron chi connectivity index (χ1n) is 9.67. The van der Waals surface area contributed by atoms with Crippen LogP contribution >= 0.6 is 0 Å². The van der Waals surface area contributed by atoms with E-state index in [1.807, 2.05) is 41.1 Å². The summed E-state index contributed by atoms with van der Waals surface area (Å²) < 4.78 is 19.6. The molecule has 0 amide bonds. The van der Waals surface area contributed by atoms with E-state index in [9.17, 15) is 14.0 Å². The normalized spacial score (nSPS) is 11.4. The van der Waals surface area contributed by atoms with E-state index in [1.165, 1.54) is 22.8 Å². The molecule has 5 aromatic rings. The Labute approximate surface area is 175 Å². The van der Waals surface area contributed by atoms with E-state index < -0.39 is 11.2 Å². The highest BCUT2D eigenvalue weighted by atomic mass is 19.1. The van der Waals surface area contributed by atoms with Crippen LogP contribution in [0.1, 0.15) is 0 Å². The van der Waals surface area contributed by atoms with E-state index in [4.69, 9.17) is 0 Å². The Balaban J connectivity index is 1.95. The Bertz CT molecular complexity index is 1570. The monoisotopic (exact) mass is 415 g/mol. The molecule has 7 nitrogen and oxygen atoms in total. The topological polar surface area (TPSA) is 66.2 Å². The lowest BCUT2D eigenvalue weighted by Gasteiger charge is -2.09. The Kier molecular flexibility index (Phi) is 4.21. The molecule has 0 aliphatic heterocycles. The number of rotatable bonds is 4. The lowest BCUT2D eigenvalue weighted by Crippen LogP contribution is -2.39. The Morgan fingerprint density at radius 3 is 2.45 bits per heavy atom. The van der Waals surface area contributed by atoms with Crippen LogP contribution in [0.15, 0.2) is 83.0 Å². The number of aryl methyl sites for hydroxylation is 1. The number of benzene rings is 2. The zero-order valence-electron chi connectivity index (χ0n) is 16.7. The Hall–Kier alpha value is -4.20. The van der Waals surface area contributed by atoms with Crippen LogP contribution in [0.3, 0.4) is 0 Å². The lowest BCUT2D eigenvalue weighted by molar-refractivity contribution is 0.627. The van der Waals surface area contributed by atoms with E-state index in [2.05, 4.69) is 11.6 Å². The average molecular weight is 415 g/mol. The molecule has 0 spiro atoms. The number of aromatic nitrogens is 5. The van der Waals surface area contributed by atoms with Gasteiger partial charge in [-0.2, -0.15) is 4.98 Å². The fraction of sp³-hybridized carbons (Fsp3) is 0.0870. The summed E-state index contributed by atoms with van der Waals surface area (Å²) in [4.78, 5) is 30.5. The van der Waals surface area contributed by atoms with E-state index in [1.54, 1.807) is 23.6 Å². The minimum absolute atomic E-state index is 0.0961. The van der Waals surface area contributed by atoms with Gasteiger partial charge in [0.2, 0.25) is 5.78 Å². The van der Waals surface area contributed by atoms with Crippen molar-refractivity contribution in [2.24, 2.45) is 7.05 Å². The maximum Gasteiger partial charge on any atom is 0.332 e. The summed E-state index contributed by atoms with van der Waals surface area (Å²) in [5.41, 5.74) is 2.03. The molecule has 0 aliphatic rings. The number of allylic oxidation sites excluding steroid dienone is 1. The Morgan fingerprint density at radius 2 is 1.77 bits per heavy atom. The van der Waals surface area contributed by atoms with Crippen LogP contribution in [0.5, 0.6) is 0 Å². The first-order valence-corrected chi connectivity index (χ1v) is 9.67. The predicted molar refractivity (Wildman–Crippen MR) is 117 cm³/mol. The molecule has 3 aromatic heterocycles. The summed E-state index contributed by atoms with van der Waals surface area (Å²) in [6.07, 6.45) is 3.32. The molecule has 0 fully saturated rings. The third-order valence-electron chi connectivity index (χ3n) is 5.32. The van der Waals surface area contributed by atoms with Crippen LogP contribution in [-0.2, 0) is 13.6 Å². The zero-order valence-corrected chi connectivity index (χ0v) is 16.7. The smallest absolute Gasteiger partial charge is 0.279 e. The van der Waals surface area contributed by atoms with Gasteiger partial charge in [0, 0.05) is 31.0 Å². The van der Waals surface area contributed by atoms with E-state index in [0.717, 1.165) is 15.8 Å². The van der Waals surface area contributed by atoms with Crippen LogP contribution in [0, 0.1) is 5.82 Å². The third kappa shape index (κ3) is 2.76. The van der Waals surface area contributed by atoms with Crippen molar-refractivity contribution < 1.29 is 4.39 Å². The van der Waals surface area contributed by atoms with Gasteiger partial charge in [-0.25, -0.2) is 9.18 Å². The molecule has 3 heterocycles. The molecule has 0 radical (unpaired) electrons. The van der Waals surface area contributed by atoms with Crippen molar-refractivity contribution in [2.75, 3.05) is 0 Å². The summed E-state index contributed by atoms with van der Waals surface area (Å²) in [5, 5.41) is 0. The number of hydrogen-bond acceptors (Lipinski definition) is 3. The summed E-state index contributed by atoms with van der Waals surface area (Å²) in [6, 6.07) is 15.7. The van der Waals surface area contributed by atoms with Gasteiger partial charge in [0.25, 0.3) is 5.56 Å². The van der Waals surface area contributed by atoms with Gasteiger partial charge in [-0.1, -0.05) is 36.4 Å². The summed E-state index contributed by atoms with van der Waals surface area (Å²) in [7, 11) is 1.58. The van der Waals surface area contributed by atoms with Gasteiger partial charge >= 0.3 is 5.69 Å². The molecule has 0 aliphatic carbocycles. The van der Waals surface area contributed by atoms with E-state index >= 15 is 0 Å². The molecule has 31 heavy (non-hydrogen) atoms. The molecule has 0 saturated carbocycles. The van der Waals surface area contributed by atoms with Gasteiger partial charge in [0.05, 0.1) is 5.69 Å². The number of hydrogen-bond donors (Lipinski definition) is 0. The second-order valence-corrected chi connectivity index (χ2v) is 7.19. The van der Waals surface area contributed by atoms with Crippen molar-refractivity contribution in [3.8, 4) is 16.9 Å². The van der Waals surface area contributed by atoms with Gasteiger partial charge in [-0.3, -0.25) is 22.9 Å². The Morgan fingerprint density at radius 1 is 1.06 bits per heavy atom. The van der Waals surface area contributed by atoms with Crippen LogP contribution in [0.2, 0.25) is 0 Å². The molecule has 5 rings (SSSR count). The summed E-state index contributed by atoms with van der Waals surface area (Å²) in [5.74, 6) is 0.0975. The zero-order chi connectivity index (χ0) is 21.7. The SMILES string of the molecule is C=CCn1c(=O)c2c(nc3n(-c4ccc(F)cc4)c(-c4ccccc4)cn23)n(C)c1=O. The van der Waals surface area contributed by atoms with Crippen molar-refractivity contribution >= 4 is 16.9 Å². The van der Waals surface area contributed by atoms with Gasteiger partial charge < -0.3 is 0 Å². The molecule has 8 heteroatoms. The number of nitrogens with zero attached hydrogens (tertiary/aromatic N) is 5. The first kappa shape index (κ1) is 18.8. The molecule has 0 atom stereocenters. The van der Waals surface area contributed by atoms with Crippen molar-refractivity contribution in [3.05, 3.63) is 100 Å². The highest BCUT2D eigenvalue weighted by molar-refractivity contribution is 5.79. The van der Waals surface area contributed by atoms with Gasteiger partial charge in [-0.05, 0) is 24.3 Å². The summed E-state index contributed by atoms with van der Waals surface area (Å²) in [6.45, 7) is 3.73.